The van der Waals surface area contributed by atoms with E-state index >= 15 is 0 Å². The standard InChI is InChI=1S/C18H19BrN6O/c19-14-4-6-15(7-5-14)21-17(26)12-23-8-10-24(11-9-23)18-3-1-2-16-22-20-13-25(16)18/h1-7,13H,8-12H2,(H,21,26). The van der Waals surface area contributed by atoms with Crippen molar-refractivity contribution in [1.82, 2.24) is 19.5 Å². The number of nitrogens with zero attached hydrogens (tertiary/aromatic N) is 5. The minimum Gasteiger partial charge on any atom is -0.355 e. The zero-order chi connectivity index (χ0) is 17.9. The van der Waals surface area contributed by atoms with Crippen LogP contribution in [0.25, 0.3) is 5.65 Å². The van der Waals surface area contributed by atoms with E-state index in [1.807, 2.05) is 40.8 Å². The number of halogens is 1. The summed E-state index contributed by atoms with van der Waals surface area (Å²) in [6, 6.07) is 13.6. The quantitative estimate of drug-likeness (QED) is 0.708. The molecule has 0 atom stereocenters. The van der Waals surface area contributed by atoms with E-state index in [1.165, 1.54) is 0 Å². The molecule has 2 aromatic heterocycles. The van der Waals surface area contributed by atoms with Gasteiger partial charge in [-0.25, -0.2) is 0 Å². The molecule has 1 fully saturated rings. The molecule has 0 unspecified atom stereocenters. The number of hydrogen-bond acceptors (Lipinski definition) is 5. The lowest BCUT2D eigenvalue weighted by Crippen LogP contribution is -2.49. The number of anilines is 2. The van der Waals surface area contributed by atoms with Crippen LogP contribution in [-0.4, -0.2) is 58.1 Å². The zero-order valence-corrected chi connectivity index (χ0v) is 15.8. The third-order valence-corrected chi connectivity index (χ3v) is 5.03. The van der Waals surface area contributed by atoms with Crippen molar-refractivity contribution >= 4 is 39.0 Å². The second kappa shape index (κ2) is 7.43. The summed E-state index contributed by atoms with van der Waals surface area (Å²) in [7, 11) is 0. The van der Waals surface area contributed by atoms with Gasteiger partial charge < -0.3 is 10.2 Å². The Morgan fingerprint density at radius 3 is 2.62 bits per heavy atom. The number of hydrogen-bond donors (Lipinski definition) is 1. The monoisotopic (exact) mass is 414 g/mol. The third-order valence-electron chi connectivity index (χ3n) is 4.50. The summed E-state index contributed by atoms with van der Waals surface area (Å²) in [6.07, 6.45) is 1.74. The summed E-state index contributed by atoms with van der Waals surface area (Å²) in [4.78, 5) is 16.7. The first-order chi connectivity index (χ1) is 12.7. The van der Waals surface area contributed by atoms with Crippen molar-refractivity contribution in [2.75, 3.05) is 42.9 Å². The highest BCUT2D eigenvalue weighted by molar-refractivity contribution is 9.10. The van der Waals surface area contributed by atoms with Crippen molar-refractivity contribution in [1.29, 1.82) is 0 Å². The highest BCUT2D eigenvalue weighted by Crippen LogP contribution is 2.18. The molecule has 134 valence electrons. The lowest BCUT2D eigenvalue weighted by atomic mass is 10.3. The van der Waals surface area contributed by atoms with E-state index in [0.717, 1.165) is 47.8 Å². The molecular formula is C18H19BrN6O. The Morgan fingerprint density at radius 1 is 1.08 bits per heavy atom. The van der Waals surface area contributed by atoms with Crippen molar-refractivity contribution in [2.24, 2.45) is 0 Å². The molecule has 0 bridgehead atoms. The fourth-order valence-corrected chi connectivity index (χ4v) is 3.43. The predicted molar refractivity (Wildman–Crippen MR) is 104 cm³/mol. The lowest BCUT2D eigenvalue weighted by molar-refractivity contribution is -0.117. The highest BCUT2D eigenvalue weighted by Gasteiger charge is 2.20. The number of amides is 1. The molecule has 0 saturated carbocycles. The number of benzene rings is 1. The Kier molecular flexibility index (Phi) is 4.85. The van der Waals surface area contributed by atoms with E-state index in [-0.39, 0.29) is 5.91 Å². The first-order valence-corrected chi connectivity index (χ1v) is 9.30. The fraction of sp³-hybridized carbons (Fsp3) is 0.278. The van der Waals surface area contributed by atoms with Crippen LogP contribution in [0.3, 0.4) is 0 Å². The molecule has 8 heteroatoms. The Morgan fingerprint density at radius 2 is 1.85 bits per heavy atom. The van der Waals surface area contributed by atoms with E-state index in [0.29, 0.717) is 6.54 Å². The van der Waals surface area contributed by atoms with Gasteiger partial charge in [-0.15, -0.1) is 10.2 Å². The van der Waals surface area contributed by atoms with E-state index in [2.05, 4.69) is 47.3 Å². The molecular weight excluding hydrogens is 396 g/mol. The average molecular weight is 415 g/mol. The van der Waals surface area contributed by atoms with E-state index in [4.69, 9.17) is 0 Å². The van der Waals surface area contributed by atoms with Gasteiger partial charge in [-0.05, 0) is 36.4 Å². The van der Waals surface area contributed by atoms with Gasteiger partial charge in [0.15, 0.2) is 5.65 Å². The van der Waals surface area contributed by atoms with Crippen LogP contribution in [-0.2, 0) is 4.79 Å². The van der Waals surface area contributed by atoms with Gasteiger partial charge in [-0.1, -0.05) is 22.0 Å². The molecule has 1 aliphatic heterocycles. The second-order valence-electron chi connectivity index (χ2n) is 6.26. The summed E-state index contributed by atoms with van der Waals surface area (Å²) in [5.74, 6) is 1.10. The van der Waals surface area contributed by atoms with Crippen LogP contribution in [0.4, 0.5) is 11.5 Å². The first-order valence-electron chi connectivity index (χ1n) is 8.50. The van der Waals surface area contributed by atoms with Crippen molar-refractivity contribution in [3.8, 4) is 0 Å². The van der Waals surface area contributed by atoms with Crippen molar-refractivity contribution in [2.45, 2.75) is 0 Å². The van der Waals surface area contributed by atoms with Crippen molar-refractivity contribution in [3.05, 3.63) is 53.3 Å². The minimum absolute atomic E-state index is 0.0154. The Bertz CT molecular complexity index is 901. The zero-order valence-electron chi connectivity index (χ0n) is 14.2. The molecule has 0 aliphatic carbocycles. The van der Waals surface area contributed by atoms with Crippen LogP contribution in [0, 0.1) is 0 Å². The van der Waals surface area contributed by atoms with Gasteiger partial charge in [0, 0.05) is 36.3 Å². The van der Waals surface area contributed by atoms with E-state index < -0.39 is 0 Å². The van der Waals surface area contributed by atoms with Crippen LogP contribution in [0.15, 0.2) is 53.3 Å². The molecule has 7 nitrogen and oxygen atoms in total. The van der Waals surface area contributed by atoms with E-state index in [9.17, 15) is 4.79 Å². The van der Waals surface area contributed by atoms with Gasteiger partial charge >= 0.3 is 0 Å². The number of aromatic nitrogens is 3. The molecule has 0 radical (unpaired) electrons. The molecule has 1 aromatic carbocycles. The molecule has 4 rings (SSSR count). The summed E-state index contributed by atoms with van der Waals surface area (Å²) in [5.41, 5.74) is 1.66. The normalized spacial score (nSPS) is 15.3. The molecule has 3 aromatic rings. The number of carbonyl (C=O) groups excluding carboxylic acids is 1. The van der Waals surface area contributed by atoms with Crippen LogP contribution >= 0.6 is 15.9 Å². The van der Waals surface area contributed by atoms with Gasteiger partial charge in [0.25, 0.3) is 0 Å². The molecule has 3 heterocycles. The molecule has 1 amide bonds. The van der Waals surface area contributed by atoms with Crippen LogP contribution in [0.2, 0.25) is 0 Å². The maximum atomic E-state index is 12.3. The van der Waals surface area contributed by atoms with Crippen LogP contribution < -0.4 is 10.2 Å². The topological polar surface area (TPSA) is 65.8 Å². The minimum atomic E-state index is 0.0154. The largest absolute Gasteiger partial charge is 0.355 e. The molecule has 0 spiro atoms. The van der Waals surface area contributed by atoms with Crippen molar-refractivity contribution < 1.29 is 4.79 Å². The second-order valence-corrected chi connectivity index (χ2v) is 7.18. The number of rotatable bonds is 4. The van der Waals surface area contributed by atoms with Gasteiger partial charge in [-0.2, -0.15) is 0 Å². The Balaban J connectivity index is 1.33. The summed E-state index contributed by atoms with van der Waals surface area (Å²) in [5, 5.41) is 11.0. The maximum absolute atomic E-state index is 12.3. The van der Waals surface area contributed by atoms with Crippen LogP contribution in [0.5, 0.6) is 0 Å². The number of pyridine rings is 1. The Labute approximate surface area is 159 Å². The number of piperazine rings is 1. The van der Waals surface area contributed by atoms with Gasteiger partial charge in [0.05, 0.1) is 6.54 Å². The molecule has 1 N–H and O–H groups in total. The maximum Gasteiger partial charge on any atom is 0.238 e. The third kappa shape index (κ3) is 3.71. The number of carbonyl (C=O) groups is 1. The lowest BCUT2D eigenvalue weighted by Gasteiger charge is -2.35. The Hall–Kier alpha value is -2.45. The van der Waals surface area contributed by atoms with Gasteiger partial charge in [0.2, 0.25) is 5.91 Å². The molecule has 1 saturated heterocycles. The SMILES string of the molecule is O=C(CN1CCN(c2cccc3nncn23)CC1)Nc1ccc(Br)cc1. The van der Waals surface area contributed by atoms with Gasteiger partial charge in [0.1, 0.15) is 12.1 Å². The smallest absolute Gasteiger partial charge is 0.238 e. The average Bonchev–Trinajstić information content (AvgIpc) is 3.13. The fourth-order valence-electron chi connectivity index (χ4n) is 3.16. The number of fused-ring (bicyclic) bond motifs is 1. The summed E-state index contributed by atoms with van der Waals surface area (Å²) in [6.45, 7) is 3.81. The summed E-state index contributed by atoms with van der Waals surface area (Å²) >= 11 is 3.39. The molecule has 26 heavy (non-hydrogen) atoms. The highest BCUT2D eigenvalue weighted by atomic mass is 79.9. The van der Waals surface area contributed by atoms with Gasteiger partial charge in [-0.3, -0.25) is 14.1 Å². The predicted octanol–water partition coefficient (Wildman–Crippen LogP) is 2.25. The van der Waals surface area contributed by atoms with Crippen LogP contribution in [0.1, 0.15) is 0 Å². The first kappa shape index (κ1) is 17.0. The molecule has 1 aliphatic rings. The van der Waals surface area contributed by atoms with E-state index in [1.54, 1.807) is 6.33 Å². The van der Waals surface area contributed by atoms with Crippen molar-refractivity contribution in [3.63, 3.8) is 0 Å². The summed E-state index contributed by atoms with van der Waals surface area (Å²) < 4.78 is 2.99. The number of nitrogens with one attached hydrogen (secondary N) is 1.